The summed E-state index contributed by atoms with van der Waals surface area (Å²) in [5, 5.41) is 0. The second kappa shape index (κ2) is 7.66. The Morgan fingerprint density at radius 2 is 1.85 bits per heavy atom. The molecule has 0 saturated heterocycles. The van der Waals surface area contributed by atoms with Gasteiger partial charge in [-0.05, 0) is 42.2 Å². The first-order chi connectivity index (χ1) is 13.2. The van der Waals surface area contributed by atoms with Gasteiger partial charge in [0.25, 0.3) is 0 Å². The van der Waals surface area contributed by atoms with Crippen LogP contribution in [0, 0.1) is 6.92 Å². The fraction of sp³-hybridized carbons (Fsp3) is 0.273. The molecule has 0 bridgehead atoms. The van der Waals surface area contributed by atoms with Crippen LogP contribution in [-0.4, -0.2) is 23.6 Å². The third kappa shape index (κ3) is 4.03. The van der Waals surface area contributed by atoms with Crippen molar-refractivity contribution in [1.82, 2.24) is 9.97 Å². The minimum absolute atomic E-state index is 0.440. The third-order valence-electron chi connectivity index (χ3n) is 4.75. The zero-order valence-electron chi connectivity index (χ0n) is 15.7. The Hall–Kier alpha value is -3.08. The Morgan fingerprint density at radius 3 is 2.70 bits per heavy atom. The summed E-state index contributed by atoms with van der Waals surface area (Å²) in [5.74, 6) is 2.15. The Balaban J connectivity index is 1.50. The standard InChI is InChI=1S/C22H23N3O2/c1-16-12-21(27-15-17-6-5-9-20(13-17)26-2)24-22(23-16)25-11-10-18-7-3-4-8-19(18)14-25/h3-9,12-13H,10-11,14-15H2,1-2H3. The summed E-state index contributed by atoms with van der Waals surface area (Å²) in [6, 6.07) is 18.3. The number of hydrogen-bond donors (Lipinski definition) is 0. The van der Waals surface area contributed by atoms with Gasteiger partial charge in [0.1, 0.15) is 12.4 Å². The molecule has 1 aliphatic heterocycles. The van der Waals surface area contributed by atoms with Gasteiger partial charge in [-0.2, -0.15) is 4.98 Å². The van der Waals surface area contributed by atoms with E-state index in [-0.39, 0.29) is 0 Å². The number of aromatic nitrogens is 2. The second-order valence-corrected chi connectivity index (χ2v) is 6.73. The Kier molecular flexibility index (Phi) is 4.92. The van der Waals surface area contributed by atoms with E-state index in [1.54, 1.807) is 7.11 Å². The fourth-order valence-corrected chi connectivity index (χ4v) is 3.33. The lowest BCUT2D eigenvalue weighted by molar-refractivity contribution is 0.292. The molecular weight excluding hydrogens is 338 g/mol. The molecule has 138 valence electrons. The SMILES string of the molecule is COc1cccc(COc2cc(C)nc(N3CCc4ccccc4C3)n2)c1. The van der Waals surface area contributed by atoms with Crippen molar-refractivity contribution in [3.63, 3.8) is 0 Å². The van der Waals surface area contributed by atoms with Gasteiger partial charge in [0.2, 0.25) is 11.8 Å². The molecule has 1 aliphatic rings. The normalized spacial score (nSPS) is 13.2. The predicted octanol–water partition coefficient (Wildman–Crippen LogP) is 3.94. The summed E-state index contributed by atoms with van der Waals surface area (Å²) in [6.45, 7) is 4.15. The lowest BCUT2D eigenvalue weighted by Gasteiger charge is -2.29. The van der Waals surface area contributed by atoms with Gasteiger partial charge in [0, 0.05) is 24.8 Å². The van der Waals surface area contributed by atoms with Crippen molar-refractivity contribution in [1.29, 1.82) is 0 Å². The van der Waals surface area contributed by atoms with E-state index in [4.69, 9.17) is 9.47 Å². The maximum Gasteiger partial charge on any atom is 0.229 e. The van der Waals surface area contributed by atoms with E-state index in [1.165, 1.54) is 11.1 Å². The molecule has 0 radical (unpaired) electrons. The Morgan fingerprint density at radius 1 is 1.00 bits per heavy atom. The highest BCUT2D eigenvalue weighted by Gasteiger charge is 2.19. The van der Waals surface area contributed by atoms with Gasteiger partial charge < -0.3 is 14.4 Å². The average Bonchev–Trinajstić information content (AvgIpc) is 2.71. The molecule has 1 aromatic heterocycles. The van der Waals surface area contributed by atoms with Gasteiger partial charge in [-0.25, -0.2) is 4.98 Å². The van der Waals surface area contributed by atoms with E-state index < -0.39 is 0 Å². The summed E-state index contributed by atoms with van der Waals surface area (Å²) < 4.78 is 11.2. The van der Waals surface area contributed by atoms with E-state index >= 15 is 0 Å². The van der Waals surface area contributed by atoms with Crippen molar-refractivity contribution in [3.8, 4) is 11.6 Å². The first kappa shape index (κ1) is 17.3. The molecule has 4 rings (SSSR count). The highest BCUT2D eigenvalue weighted by Crippen LogP contribution is 2.24. The number of benzene rings is 2. The average molecular weight is 361 g/mol. The fourth-order valence-electron chi connectivity index (χ4n) is 3.33. The molecule has 2 aromatic carbocycles. The molecule has 0 amide bonds. The highest BCUT2D eigenvalue weighted by atomic mass is 16.5. The van der Waals surface area contributed by atoms with Crippen molar-refractivity contribution in [2.45, 2.75) is 26.5 Å². The summed E-state index contributed by atoms with van der Waals surface area (Å²) in [4.78, 5) is 11.5. The van der Waals surface area contributed by atoms with Gasteiger partial charge in [-0.15, -0.1) is 0 Å². The lowest BCUT2D eigenvalue weighted by Crippen LogP contribution is -2.31. The van der Waals surface area contributed by atoms with Crippen LogP contribution in [0.5, 0.6) is 11.6 Å². The first-order valence-electron chi connectivity index (χ1n) is 9.14. The molecule has 0 atom stereocenters. The molecule has 2 heterocycles. The number of ether oxygens (including phenoxy) is 2. The number of hydrogen-bond acceptors (Lipinski definition) is 5. The maximum absolute atomic E-state index is 5.94. The van der Waals surface area contributed by atoms with Crippen LogP contribution < -0.4 is 14.4 Å². The van der Waals surface area contributed by atoms with Gasteiger partial charge in [0.05, 0.1) is 7.11 Å². The summed E-state index contributed by atoms with van der Waals surface area (Å²) >= 11 is 0. The largest absolute Gasteiger partial charge is 0.497 e. The van der Waals surface area contributed by atoms with Gasteiger partial charge >= 0.3 is 0 Å². The van der Waals surface area contributed by atoms with E-state index in [9.17, 15) is 0 Å². The molecule has 0 unspecified atom stereocenters. The molecule has 5 heteroatoms. The molecule has 0 fully saturated rings. The first-order valence-corrected chi connectivity index (χ1v) is 9.14. The van der Waals surface area contributed by atoms with Crippen molar-refractivity contribution < 1.29 is 9.47 Å². The zero-order chi connectivity index (χ0) is 18.6. The third-order valence-corrected chi connectivity index (χ3v) is 4.75. The number of methoxy groups -OCH3 is 1. The van der Waals surface area contributed by atoms with Crippen LogP contribution in [-0.2, 0) is 19.6 Å². The van der Waals surface area contributed by atoms with Gasteiger partial charge in [-0.1, -0.05) is 36.4 Å². The number of aryl methyl sites for hydroxylation is 1. The van der Waals surface area contributed by atoms with Crippen LogP contribution in [0.2, 0.25) is 0 Å². The van der Waals surface area contributed by atoms with E-state index in [1.807, 2.05) is 37.3 Å². The molecule has 3 aromatic rings. The summed E-state index contributed by atoms with van der Waals surface area (Å²) in [5.41, 5.74) is 4.70. The quantitative estimate of drug-likeness (QED) is 0.689. The van der Waals surface area contributed by atoms with Crippen LogP contribution in [0.3, 0.4) is 0 Å². The predicted molar refractivity (Wildman–Crippen MR) is 105 cm³/mol. The molecule has 27 heavy (non-hydrogen) atoms. The lowest BCUT2D eigenvalue weighted by atomic mass is 10.0. The molecular formula is C22H23N3O2. The smallest absolute Gasteiger partial charge is 0.229 e. The second-order valence-electron chi connectivity index (χ2n) is 6.73. The zero-order valence-corrected chi connectivity index (χ0v) is 15.7. The monoisotopic (exact) mass is 361 g/mol. The molecule has 0 spiro atoms. The van der Waals surface area contributed by atoms with Crippen LogP contribution in [0.15, 0.2) is 54.6 Å². The molecule has 0 saturated carbocycles. The number of rotatable bonds is 5. The molecule has 5 nitrogen and oxygen atoms in total. The van der Waals surface area contributed by atoms with E-state index in [2.05, 4.69) is 39.1 Å². The van der Waals surface area contributed by atoms with Gasteiger partial charge in [-0.3, -0.25) is 0 Å². The van der Waals surface area contributed by atoms with E-state index in [0.29, 0.717) is 12.5 Å². The maximum atomic E-state index is 5.94. The van der Waals surface area contributed by atoms with Crippen molar-refractivity contribution in [2.24, 2.45) is 0 Å². The van der Waals surface area contributed by atoms with Crippen molar-refractivity contribution >= 4 is 5.95 Å². The minimum atomic E-state index is 0.440. The molecule has 0 N–H and O–H groups in total. The number of nitrogens with zero attached hydrogens (tertiary/aromatic N) is 3. The van der Waals surface area contributed by atoms with Crippen molar-refractivity contribution in [2.75, 3.05) is 18.6 Å². The Labute approximate surface area is 159 Å². The van der Waals surface area contributed by atoms with Crippen LogP contribution in [0.1, 0.15) is 22.4 Å². The van der Waals surface area contributed by atoms with Crippen LogP contribution in [0.25, 0.3) is 0 Å². The van der Waals surface area contributed by atoms with Crippen LogP contribution >= 0.6 is 0 Å². The van der Waals surface area contributed by atoms with Crippen molar-refractivity contribution in [3.05, 3.63) is 77.0 Å². The Bertz CT molecular complexity index is 942. The highest BCUT2D eigenvalue weighted by molar-refractivity contribution is 5.41. The number of anilines is 1. The summed E-state index contributed by atoms with van der Waals surface area (Å²) in [7, 11) is 1.66. The van der Waals surface area contributed by atoms with E-state index in [0.717, 1.165) is 42.5 Å². The van der Waals surface area contributed by atoms with Crippen LogP contribution in [0.4, 0.5) is 5.95 Å². The topological polar surface area (TPSA) is 47.5 Å². The van der Waals surface area contributed by atoms with Gasteiger partial charge in [0.15, 0.2) is 0 Å². The minimum Gasteiger partial charge on any atom is -0.497 e. The number of fused-ring (bicyclic) bond motifs is 1. The summed E-state index contributed by atoms with van der Waals surface area (Å²) in [6.07, 6.45) is 1.01. The molecule has 0 aliphatic carbocycles.